The second-order valence-corrected chi connectivity index (χ2v) is 15.0. The second kappa shape index (κ2) is 11.6. The lowest BCUT2D eigenvalue weighted by Crippen LogP contribution is -2.65. The molecule has 6 rings (SSSR count). The van der Waals surface area contributed by atoms with Crippen molar-refractivity contribution in [1.82, 2.24) is 5.32 Å². The highest BCUT2D eigenvalue weighted by atomic mass is 127. The Labute approximate surface area is 268 Å². The van der Waals surface area contributed by atoms with Crippen LogP contribution in [0.1, 0.15) is 83.3 Å². The maximum Gasteiger partial charge on any atom is 1.00 e. The summed E-state index contributed by atoms with van der Waals surface area (Å²) in [5.74, 6) is -1.13. The number of halogens is 2. The normalized spacial score (nSPS) is 27.0. The molecule has 3 N–H and O–H groups in total. The number of nitrogens with two attached hydrogens (primary N) is 1. The van der Waals surface area contributed by atoms with Gasteiger partial charge in [-0.05, 0) is 111 Å². The molecule has 1 amide bonds. The van der Waals surface area contributed by atoms with Crippen molar-refractivity contribution in [3.05, 3.63) is 62.5 Å². The lowest BCUT2D eigenvalue weighted by Gasteiger charge is -2.64. The molecule has 6 atom stereocenters. The third-order valence-electron chi connectivity index (χ3n) is 9.56. The van der Waals surface area contributed by atoms with Gasteiger partial charge in [-0.1, -0.05) is 32.0 Å². The molecule has 0 spiro atoms. The molecule has 11 heteroatoms. The molecular formula is C32H42BFIN2O6+. The lowest BCUT2D eigenvalue weighted by atomic mass is 9.43. The van der Waals surface area contributed by atoms with E-state index in [1.807, 2.05) is 28.7 Å². The molecule has 4 aliphatic rings. The predicted octanol–water partition coefficient (Wildman–Crippen LogP) is 5.50. The van der Waals surface area contributed by atoms with Gasteiger partial charge in [0.1, 0.15) is 28.8 Å². The topological polar surface area (TPSA) is 109 Å². The summed E-state index contributed by atoms with van der Waals surface area (Å²) in [6, 6.07) is 8.55. The Kier molecular flexibility index (Phi) is 8.69. The molecule has 0 radical (unpaired) electrons. The molecule has 1 aliphatic heterocycles. The fourth-order valence-corrected chi connectivity index (χ4v) is 7.62. The van der Waals surface area contributed by atoms with Gasteiger partial charge < -0.3 is 29.8 Å². The van der Waals surface area contributed by atoms with Gasteiger partial charge in [-0.2, -0.15) is 0 Å². The summed E-state index contributed by atoms with van der Waals surface area (Å²) in [6.07, 6.45) is 2.04. The molecule has 2 bridgehead atoms. The van der Waals surface area contributed by atoms with Crippen molar-refractivity contribution >= 4 is 41.6 Å². The van der Waals surface area contributed by atoms with Crippen LogP contribution in [0.3, 0.4) is 0 Å². The van der Waals surface area contributed by atoms with Crippen molar-refractivity contribution in [3.8, 4) is 5.75 Å². The van der Waals surface area contributed by atoms with Gasteiger partial charge in [0.15, 0.2) is 0 Å². The molecule has 3 saturated carbocycles. The maximum absolute atomic E-state index is 14.8. The van der Waals surface area contributed by atoms with Crippen LogP contribution in [0.15, 0.2) is 36.4 Å². The zero-order valence-electron chi connectivity index (χ0n) is 26.8. The minimum atomic E-state index is -1.25. The highest BCUT2D eigenvalue weighted by Crippen LogP contribution is 2.65. The SMILES string of the molecule is COc1c(C[C@H](NC(=O)C(N)c2ccc(I)cc2F)B2O[C@@H]3C[C@@H]4C[C@@H](C4(C)C)[C@]3(C)O2)cccc1C(=O)OC(C)(C)C.[H+]. The van der Waals surface area contributed by atoms with Gasteiger partial charge in [0.25, 0.3) is 0 Å². The second-order valence-electron chi connectivity index (χ2n) is 13.8. The van der Waals surface area contributed by atoms with Crippen LogP contribution in [0.5, 0.6) is 5.75 Å². The van der Waals surface area contributed by atoms with E-state index < -0.39 is 48.0 Å². The van der Waals surface area contributed by atoms with E-state index >= 15 is 0 Å². The smallest absolute Gasteiger partial charge is 0.496 e. The van der Waals surface area contributed by atoms with E-state index in [9.17, 15) is 14.0 Å². The first-order valence-electron chi connectivity index (χ1n) is 14.8. The van der Waals surface area contributed by atoms with Crippen molar-refractivity contribution in [3.63, 3.8) is 0 Å². The number of carbonyl (C=O) groups is 2. The fraction of sp³-hybridized carbons (Fsp3) is 0.562. The minimum Gasteiger partial charge on any atom is -0.496 e. The van der Waals surface area contributed by atoms with Crippen LogP contribution in [0.25, 0.3) is 0 Å². The van der Waals surface area contributed by atoms with Gasteiger partial charge in [-0.3, -0.25) is 4.79 Å². The first-order valence-corrected chi connectivity index (χ1v) is 15.9. The summed E-state index contributed by atoms with van der Waals surface area (Å²) in [5.41, 5.74) is 6.24. The van der Waals surface area contributed by atoms with E-state index in [4.69, 9.17) is 24.5 Å². The van der Waals surface area contributed by atoms with E-state index in [1.54, 1.807) is 39.0 Å². The van der Waals surface area contributed by atoms with Gasteiger partial charge in [-0.15, -0.1) is 0 Å². The molecule has 3 aliphatic carbocycles. The number of methoxy groups -OCH3 is 1. The minimum absolute atomic E-state index is 0. The number of para-hydroxylation sites is 1. The molecule has 4 fully saturated rings. The average molecular weight is 707 g/mol. The van der Waals surface area contributed by atoms with Crippen molar-refractivity contribution < 1.29 is 34.2 Å². The number of ether oxygens (including phenoxy) is 2. The maximum atomic E-state index is 14.8. The van der Waals surface area contributed by atoms with E-state index in [2.05, 4.69) is 26.1 Å². The number of amides is 1. The van der Waals surface area contributed by atoms with Crippen LogP contribution in [0.2, 0.25) is 0 Å². The molecule has 43 heavy (non-hydrogen) atoms. The van der Waals surface area contributed by atoms with Crippen molar-refractivity contribution in [1.29, 1.82) is 0 Å². The summed E-state index contributed by atoms with van der Waals surface area (Å²) in [6.45, 7) is 12.1. The lowest BCUT2D eigenvalue weighted by molar-refractivity contribution is -0.199. The predicted molar refractivity (Wildman–Crippen MR) is 171 cm³/mol. The Morgan fingerprint density at radius 3 is 2.58 bits per heavy atom. The molecular weight excluding hydrogens is 665 g/mol. The van der Waals surface area contributed by atoms with Gasteiger partial charge in [0.05, 0.1) is 24.8 Å². The van der Waals surface area contributed by atoms with Gasteiger partial charge in [0, 0.05) is 9.13 Å². The van der Waals surface area contributed by atoms with Crippen molar-refractivity contribution in [2.75, 3.05) is 7.11 Å². The molecule has 1 saturated heterocycles. The van der Waals surface area contributed by atoms with Crippen molar-refractivity contribution in [2.45, 2.75) is 90.1 Å². The van der Waals surface area contributed by atoms with Crippen molar-refractivity contribution in [2.24, 2.45) is 23.0 Å². The number of carbonyl (C=O) groups excluding carboxylic acids is 2. The highest BCUT2D eigenvalue weighted by molar-refractivity contribution is 14.1. The van der Waals surface area contributed by atoms with E-state index in [1.165, 1.54) is 19.2 Å². The molecule has 1 unspecified atom stereocenters. The first kappa shape index (κ1) is 32.2. The first-order chi connectivity index (χ1) is 20.0. The Hall–Kier alpha value is -2.22. The molecule has 2 aromatic rings. The highest BCUT2D eigenvalue weighted by Gasteiger charge is 2.68. The summed E-state index contributed by atoms with van der Waals surface area (Å²) in [4.78, 5) is 26.6. The van der Waals surface area contributed by atoms with Crippen LogP contribution in [0, 0.1) is 26.6 Å². The molecule has 2 aromatic carbocycles. The summed E-state index contributed by atoms with van der Waals surface area (Å²) >= 11 is 2.01. The van der Waals surface area contributed by atoms with Gasteiger partial charge in [-0.25, -0.2) is 9.18 Å². The van der Waals surface area contributed by atoms with Crippen LogP contribution in [-0.2, 0) is 25.3 Å². The van der Waals surface area contributed by atoms with E-state index in [0.29, 0.717) is 26.7 Å². The van der Waals surface area contributed by atoms with E-state index in [0.717, 1.165) is 12.8 Å². The van der Waals surface area contributed by atoms with E-state index in [-0.39, 0.29) is 30.5 Å². The molecule has 0 aromatic heterocycles. The fourth-order valence-electron chi connectivity index (χ4n) is 7.17. The molecule has 8 nitrogen and oxygen atoms in total. The Morgan fingerprint density at radius 1 is 1.23 bits per heavy atom. The monoisotopic (exact) mass is 707 g/mol. The van der Waals surface area contributed by atoms with Gasteiger partial charge >= 0.3 is 14.5 Å². The third-order valence-corrected chi connectivity index (χ3v) is 10.2. The summed E-state index contributed by atoms with van der Waals surface area (Å²) in [5, 5.41) is 3.01. The zero-order chi connectivity index (χ0) is 31.5. The molecule has 232 valence electrons. The Morgan fingerprint density at radius 2 is 1.95 bits per heavy atom. The number of hydrogen-bond acceptors (Lipinski definition) is 7. The third kappa shape index (κ3) is 6.06. The number of esters is 1. The average Bonchev–Trinajstić information content (AvgIpc) is 3.28. The molecule has 1 heterocycles. The summed E-state index contributed by atoms with van der Waals surface area (Å²) in [7, 11) is 0.696. The Balaban J connectivity index is 0.00000442. The zero-order valence-corrected chi connectivity index (χ0v) is 28.0. The number of rotatable bonds is 8. The van der Waals surface area contributed by atoms with Crippen LogP contribution >= 0.6 is 22.6 Å². The standard InChI is InChI=1S/C32H41BFIN2O6/c1-30(2,3)41-29(39)21-10-8-9-17(27(21)40-7)13-25(37-28(38)26(36)20-12-11-19(35)16-22(20)34)33-42-24-15-18-14-23(31(18,4)5)32(24,6)43-33/h8-12,16,18,23-26H,13-15,36H2,1-7H3,(H,37,38)/p+1/t18-,23-,24+,25-,26?,32-/m0/s1. The largest absolute Gasteiger partial charge is 1.00 e. The number of nitrogens with one attached hydrogen (secondary N) is 1. The summed E-state index contributed by atoms with van der Waals surface area (Å²) < 4.78 is 40.1. The quantitative estimate of drug-likeness (QED) is 0.212. The van der Waals surface area contributed by atoms with Crippen LogP contribution in [-0.4, -0.2) is 49.4 Å². The number of hydrogen-bond donors (Lipinski definition) is 2. The van der Waals surface area contributed by atoms with Crippen LogP contribution in [0.4, 0.5) is 4.39 Å². The Bertz CT molecular complexity index is 1420. The van der Waals surface area contributed by atoms with Gasteiger partial charge in [0.2, 0.25) is 5.91 Å². The van der Waals surface area contributed by atoms with Crippen LogP contribution < -0.4 is 15.8 Å². The number of benzene rings is 2.